The van der Waals surface area contributed by atoms with Crippen LogP contribution in [0.25, 0.3) is 0 Å². The molecular weight excluding hydrogens is 208 g/mol. The number of halogens is 1. The van der Waals surface area contributed by atoms with E-state index in [9.17, 15) is 5.11 Å². The molecule has 0 amide bonds. The van der Waals surface area contributed by atoms with Crippen LogP contribution in [0.3, 0.4) is 0 Å². The van der Waals surface area contributed by atoms with Crippen molar-refractivity contribution in [3.63, 3.8) is 0 Å². The molecule has 78 valence electrons. The second-order valence-electron chi connectivity index (χ2n) is 4.48. The molecule has 3 aliphatic carbocycles. The second kappa shape index (κ2) is 3.28. The third-order valence-electron chi connectivity index (χ3n) is 3.52. The van der Waals surface area contributed by atoms with Crippen LogP contribution in [0, 0.1) is 11.8 Å². The quantitative estimate of drug-likeness (QED) is 0.658. The molecule has 0 aromatic rings. The summed E-state index contributed by atoms with van der Waals surface area (Å²) >= 11 is 6.37. The maximum Gasteiger partial charge on any atom is 0.0895 e. The summed E-state index contributed by atoms with van der Waals surface area (Å²) in [5.41, 5.74) is 2.64. The Morgan fingerprint density at radius 3 is 3.13 bits per heavy atom. The van der Waals surface area contributed by atoms with Gasteiger partial charge in [0.2, 0.25) is 0 Å². The summed E-state index contributed by atoms with van der Waals surface area (Å²) in [4.78, 5) is 0. The van der Waals surface area contributed by atoms with Crippen molar-refractivity contribution in [2.75, 3.05) is 0 Å². The van der Waals surface area contributed by atoms with E-state index in [2.05, 4.69) is 18.2 Å². The number of aliphatic hydroxyl groups is 1. The van der Waals surface area contributed by atoms with Crippen molar-refractivity contribution in [3.8, 4) is 0 Å². The van der Waals surface area contributed by atoms with Gasteiger partial charge < -0.3 is 5.11 Å². The predicted molar refractivity (Wildman–Crippen MR) is 61.6 cm³/mol. The van der Waals surface area contributed by atoms with E-state index in [0.717, 1.165) is 24.3 Å². The van der Waals surface area contributed by atoms with E-state index in [1.807, 2.05) is 6.08 Å². The Balaban J connectivity index is 2.13. The lowest BCUT2D eigenvalue weighted by atomic mass is 9.71. The van der Waals surface area contributed by atoms with E-state index < -0.39 is 0 Å². The summed E-state index contributed by atoms with van der Waals surface area (Å²) in [5, 5.41) is 10.6. The molecule has 0 spiro atoms. The van der Waals surface area contributed by atoms with Gasteiger partial charge in [0.25, 0.3) is 0 Å². The summed E-state index contributed by atoms with van der Waals surface area (Å²) in [6.45, 7) is 0. The zero-order valence-electron chi connectivity index (χ0n) is 8.41. The number of rotatable bonds is 0. The first-order valence-electron chi connectivity index (χ1n) is 5.41. The summed E-state index contributed by atoms with van der Waals surface area (Å²) < 4.78 is 0. The lowest BCUT2D eigenvalue weighted by molar-refractivity contribution is 0.317. The first kappa shape index (κ1) is 9.29. The molecule has 2 unspecified atom stereocenters. The molecule has 0 aromatic carbocycles. The smallest absolute Gasteiger partial charge is 0.0895 e. The number of fused-ring (bicyclic) bond motifs is 4. The van der Waals surface area contributed by atoms with E-state index in [1.165, 1.54) is 11.1 Å². The topological polar surface area (TPSA) is 20.2 Å². The maximum absolute atomic E-state index is 9.66. The van der Waals surface area contributed by atoms with Crippen LogP contribution in [-0.4, -0.2) is 5.11 Å². The summed E-state index contributed by atoms with van der Waals surface area (Å²) in [6, 6.07) is 0. The molecule has 1 nitrogen and oxygen atoms in total. The molecule has 2 bridgehead atoms. The fourth-order valence-electron chi connectivity index (χ4n) is 2.84. The van der Waals surface area contributed by atoms with E-state index in [1.54, 1.807) is 0 Å². The molecule has 2 atom stereocenters. The highest BCUT2D eigenvalue weighted by molar-refractivity contribution is 6.30. The number of hydrogen-bond acceptors (Lipinski definition) is 1. The largest absolute Gasteiger partial charge is 0.513 e. The molecule has 0 aliphatic heterocycles. The molecule has 15 heavy (non-hydrogen) atoms. The maximum atomic E-state index is 9.66. The predicted octanol–water partition coefficient (Wildman–Crippen LogP) is 3.85. The number of aliphatic hydroxyl groups excluding tert-OH is 1. The van der Waals surface area contributed by atoms with Gasteiger partial charge in [-0.1, -0.05) is 29.8 Å². The van der Waals surface area contributed by atoms with Gasteiger partial charge in [-0.2, -0.15) is 0 Å². The molecular formula is C13H13ClO. The van der Waals surface area contributed by atoms with E-state index >= 15 is 0 Å². The Hall–Kier alpha value is -0.950. The zero-order valence-corrected chi connectivity index (χ0v) is 9.17. The van der Waals surface area contributed by atoms with Gasteiger partial charge in [-0.15, -0.1) is 0 Å². The van der Waals surface area contributed by atoms with Crippen LogP contribution in [0.2, 0.25) is 0 Å². The fourth-order valence-corrected chi connectivity index (χ4v) is 3.18. The van der Waals surface area contributed by atoms with Gasteiger partial charge in [0.15, 0.2) is 0 Å². The standard InChI is InChI=1S/C13H13ClO/c14-13-9-5-8(6-10(15)7-9)11-3-1-2-4-12(11)13/h1-3,7-9,15H,4-6H2. The minimum Gasteiger partial charge on any atom is -0.513 e. The van der Waals surface area contributed by atoms with Crippen molar-refractivity contribution in [1.82, 2.24) is 0 Å². The summed E-state index contributed by atoms with van der Waals surface area (Å²) in [7, 11) is 0. The molecule has 3 rings (SSSR count). The SMILES string of the molecule is OC1=CC2CC(C1)C1=CC=CCC1=C2Cl. The highest BCUT2D eigenvalue weighted by atomic mass is 35.5. The fraction of sp³-hybridized carbons (Fsp3) is 0.385. The average Bonchev–Trinajstić information content (AvgIpc) is 2.26. The van der Waals surface area contributed by atoms with Crippen LogP contribution in [0.4, 0.5) is 0 Å². The van der Waals surface area contributed by atoms with Crippen molar-refractivity contribution in [2.24, 2.45) is 11.8 Å². The second-order valence-corrected chi connectivity index (χ2v) is 4.89. The van der Waals surface area contributed by atoms with Crippen molar-refractivity contribution >= 4 is 11.6 Å². The molecule has 0 heterocycles. The summed E-state index contributed by atoms with van der Waals surface area (Å²) in [6.07, 6.45) is 11.1. The Morgan fingerprint density at radius 1 is 1.40 bits per heavy atom. The average molecular weight is 221 g/mol. The normalized spacial score (nSPS) is 33.4. The number of hydrogen-bond donors (Lipinski definition) is 1. The summed E-state index contributed by atoms with van der Waals surface area (Å²) in [5.74, 6) is 1.23. The van der Waals surface area contributed by atoms with Crippen LogP contribution in [0.1, 0.15) is 19.3 Å². The molecule has 2 heteroatoms. The highest BCUT2D eigenvalue weighted by Crippen LogP contribution is 2.48. The van der Waals surface area contributed by atoms with Gasteiger partial charge in [0, 0.05) is 17.4 Å². The van der Waals surface area contributed by atoms with Crippen LogP contribution in [0.5, 0.6) is 0 Å². The minimum absolute atomic E-state index is 0.254. The third kappa shape index (κ3) is 1.37. The Morgan fingerprint density at radius 2 is 2.27 bits per heavy atom. The Bertz CT molecular complexity index is 426. The van der Waals surface area contributed by atoms with Crippen LogP contribution in [-0.2, 0) is 0 Å². The van der Waals surface area contributed by atoms with Gasteiger partial charge in [-0.3, -0.25) is 0 Å². The van der Waals surface area contributed by atoms with Crippen LogP contribution in [0.15, 0.2) is 46.2 Å². The molecule has 0 radical (unpaired) electrons. The van der Waals surface area contributed by atoms with Crippen molar-refractivity contribution in [3.05, 3.63) is 46.2 Å². The van der Waals surface area contributed by atoms with E-state index in [4.69, 9.17) is 11.6 Å². The zero-order chi connectivity index (χ0) is 10.4. The molecule has 0 saturated heterocycles. The van der Waals surface area contributed by atoms with Gasteiger partial charge in [0.1, 0.15) is 0 Å². The van der Waals surface area contributed by atoms with E-state index in [0.29, 0.717) is 11.7 Å². The first-order chi connectivity index (χ1) is 7.25. The lowest BCUT2D eigenvalue weighted by Gasteiger charge is -2.36. The molecule has 0 saturated carbocycles. The Labute approximate surface area is 94.4 Å². The van der Waals surface area contributed by atoms with Gasteiger partial charge >= 0.3 is 0 Å². The number of allylic oxidation sites excluding steroid dienone is 8. The van der Waals surface area contributed by atoms with Crippen molar-refractivity contribution in [2.45, 2.75) is 19.3 Å². The van der Waals surface area contributed by atoms with Crippen LogP contribution < -0.4 is 0 Å². The van der Waals surface area contributed by atoms with Crippen molar-refractivity contribution in [1.29, 1.82) is 0 Å². The molecule has 3 aliphatic rings. The van der Waals surface area contributed by atoms with Crippen LogP contribution >= 0.6 is 11.6 Å². The molecule has 0 fully saturated rings. The molecule has 1 N–H and O–H groups in total. The van der Waals surface area contributed by atoms with Crippen molar-refractivity contribution < 1.29 is 5.11 Å². The van der Waals surface area contributed by atoms with Gasteiger partial charge in [-0.05, 0) is 36.0 Å². The monoisotopic (exact) mass is 220 g/mol. The third-order valence-corrected chi connectivity index (χ3v) is 4.03. The van der Waals surface area contributed by atoms with E-state index in [-0.39, 0.29) is 5.92 Å². The minimum atomic E-state index is 0.254. The van der Waals surface area contributed by atoms with Gasteiger partial charge in [0.05, 0.1) is 5.76 Å². The molecule has 0 aromatic heterocycles. The highest BCUT2D eigenvalue weighted by Gasteiger charge is 2.34. The lowest BCUT2D eigenvalue weighted by Crippen LogP contribution is -2.24. The van der Waals surface area contributed by atoms with Gasteiger partial charge in [-0.25, -0.2) is 0 Å². The first-order valence-corrected chi connectivity index (χ1v) is 5.79. The Kier molecular flexibility index (Phi) is 2.03.